The number of ketones is 1. The third-order valence-electron chi connectivity index (χ3n) is 3.53. The van der Waals surface area contributed by atoms with E-state index in [-0.39, 0.29) is 5.78 Å². The first-order valence-electron chi connectivity index (χ1n) is 5.97. The van der Waals surface area contributed by atoms with E-state index in [1.54, 1.807) is 0 Å². The maximum Gasteiger partial charge on any atom is 0.133 e. The van der Waals surface area contributed by atoms with Crippen molar-refractivity contribution in [2.24, 2.45) is 0 Å². The fourth-order valence-electron chi connectivity index (χ4n) is 2.28. The Bertz CT molecular complexity index is 368. The molecule has 2 nitrogen and oxygen atoms in total. The van der Waals surface area contributed by atoms with E-state index in [1.165, 1.54) is 5.56 Å². The summed E-state index contributed by atoms with van der Waals surface area (Å²) in [6.45, 7) is 2.11. The topological polar surface area (TPSA) is 37.3 Å². The van der Waals surface area contributed by atoms with Crippen molar-refractivity contribution in [3.63, 3.8) is 0 Å². The van der Waals surface area contributed by atoms with Gasteiger partial charge in [-0.15, -0.1) is 0 Å². The molecule has 2 rings (SSSR count). The van der Waals surface area contributed by atoms with Crippen LogP contribution in [0.15, 0.2) is 24.3 Å². The van der Waals surface area contributed by atoms with Gasteiger partial charge in [-0.2, -0.15) is 0 Å². The van der Waals surface area contributed by atoms with Crippen molar-refractivity contribution < 1.29 is 9.90 Å². The van der Waals surface area contributed by atoms with Crippen LogP contribution in [-0.2, 0) is 16.8 Å². The standard InChI is InChI=1S/C14H18O2/c1-2-11-3-5-12(6-4-11)14(16)9-7-13(15)8-10-14/h3-6,16H,2,7-10H2,1H3. The van der Waals surface area contributed by atoms with E-state index in [4.69, 9.17) is 0 Å². The van der Waals surface area contributed by atoms with Gasteiger partial charge in [0.1, 0.15) is 5.78 Å². The lowest BCUT2D eigenvalue weighted by molar-refractivity contribution is -0.125. The molecule has 0 spiro atoms. The quantitative estimate of drug-likeness (QED) is 0.828. The first-order chi connectivity index (χ1) is 7.64. The molecule has 0 aliphatic heterocycles. The predicted octanol–water partition coefficient (Wildman–Crippen LogP) is 2.58. The summed E-state index contributed by atoms with van der Waals surface area (Å²) in [6, 6.07) is 8.11. The molecule has 1 saturated carbocycles. The van der Waals surface area contributed by atoms with Crippen molar-refractivity contribution in [1.29, 1.82) is 0 Å². The normalized spacial score (nSPS) is 19.8. The number of hydrogen-bond donors (Lipinski definition) is 1. The van der Waals surface area contributed by atoms with Crippen LogP contribution < -0.4 is 0 Å². The SMILES string of the molecule is CCc1ccc(C2(O)CCC(=O)CC2)cc1. The second-order valence-electron chi connectivity index (χ2n) is 4.62. The number of hydrogen-bond acceptors (Lipinski definition) is 2. The summed E-state index contributed by atoms with van der Waals surface area (Å²) in [5.74, 6) is 0.273. The van der Waals surface area contributed by atoms with Crippen LogP contribution in [0.2, 0.25) is 0 Å². The van der Waals surface area contributed by atoms with Gasteiger partial charge in [-0.1, -0.05) is 31.2 Å². The lowest BCUT2D eigenvalue weighted by Gasteiger charge is -2.32. The van der Waals surface area contributed by atoms with Crippen molar-refractivity contribution >= 4 is 5.78 Å². The molecule has 1 aliphatic carbocycles. The Morgan fingerprint density at radius 1 is 1.19 bits per heavy atom. The molecule has 1 fully saturated rings. The summed E-state index contributed by atoms with van der Waals surface area (Å²) in [5, 5.41) is 10.5. The van der Waals surface area contributed by atoms with E-state index < -0.39 is 5.60 Å². The van der Waals surface area contributed by atoms with E-state index in [0.717, 1.165) is 12.0 Å². The molecule has 0 amide bonds. The van der Waals surface area contributed by atoms with Crippen molar-refractivity contribution in [2.75, 3.05) is 0 Å². The van der Waals surface area contributed by atoms with Gasteiger partial charge < -0.3 is 5.11 Å². The molecule has 0 radical (unpaired) electrons. The van der Waals surface area contributed by atoms with Gasteiger partial charge in [0.2, 0.25) is 0 Å². The molecular formula is C14H18O2. The average Bonchev–Trinajstić information content (AvgIpc) is 2.33. The largest absolute Gasteiger partial charge is 0.385 e. The highest BCUT2D eigenvalue weighted by molar-refractivity contribution is 5.79. The highest BCUT2D eigenvalue weighted by Crippen LogP contribution is 2.35. The number of carbonyl (C=O) groups is 1. The Morgan fingerprint density at radius 2 is 1.75 bits per heavy atom. The summed E-state index contributed by atoms with van der Waals surface area (Å²) in [4.78, 5) is 11.2. The summed E-state index contributed by atoms with van der Waals surface area (Å²) >= 11 is 0. The van der Waals surface area contributed by atoms with Crippen LogP contribution in [0, 0.1) is 0 Å². The van der Waals surface area contributed by atoms with Crippen molar-refractivity contribution in [2.45, 2.75) is 44.6 Å². The minimum Gasteiger partial charge on any atom is -0.385 e. The summed E-state index contributed by atoms with van der Waals surface area (Å²) in [7, 11) is 0. The molecule has 2 heteroatoms. The summed E-state index contributed by atoms with van der Waals surface area (Å²) < 4.78 is 0. The molecule has 0 unspecified atom stereocenters. The van der Waals surface area contributed by atoms with Crippen molar-refractivity contribution in [1.82, 2.24) is 0 Å². The second kappa shape index (κ2) is 4.38. The van der Waals surface area contributed by atoms with Gasteiger partial charge in [0.05, 0.1) is 5.60 Å². The lowest BCUT2D eigenvalue weighted by Crippen LogP contribution is -2.31. The Morgan fingerprint density at radius 3 is 2.25 bits per heavy atom. The number of rotatable bonds is 2. The zero-order valence-corrected chi connectivity index (χ0v) is 9.70. The van der Waals surface area contributed by atoms with Crippen LogP contribution in [0.1, 0.15) is 43.7 Å². The van der Waals surface area contributed by atoms with E-state index in [1.807, 2.05) is 12.1 Å². The Labute approximate surface area is 96.3 Å². The van der Waals surface area contributed by atoms with Gasteiger partial charge in [-0.3, -0.25) is 4.79 Å². The van der Waals surface area contributed by atoms with Gasteiger partial charge in [-0.05, 0) is 30.4 Å². The first kappa shape index (κ1) is 11.3. The zero-order chi connectivity index (χ0) is 11.6. The summed E-state index contributed by atoms with van der Waals surface area (Å²) in [6.07, 6.45) is 3.16. The van der Waals surface area contributed by atoms with Crippen LogP contribution in [0.5, 0.6) is 0 Å². The second-order valence-corrected chi connectivity index (χ2v) is 4.62. The number of aliphatic hydroxyl groups is 1. The van der Waals surface area contributed by atoms with Gasteiger partial charge in [0.25, 0.3) is 0 Å². The predicted molar refractivity (Wildman–Crippen MR) is 63.2 cm³/mol. The molecule has 0 atom stereocenters. The van der Waals surface area contributed by atoms with Crippen molar-refractivity contribution in [3.8, 4) is 0 Å². The number of aryl methyl sites for hydroxylation is 1. The maximum atomic E-state index is 11.2. The van der Waals surface area contributed by atoms with E-state index in [2.05, 4.69) is 19.1 Å². The number of carbonyl (C=O) groups excluding carboxylic acids is 1. The van der Waals surface area contributed by atoms with Crippen molar-refractivity contribution in [3.05, 3.63) is 35.4 Å². The van der Waals surface area contributed by atoms with Gasteiger partial charge in [-0.25, -0.2) is 0 Å². The van der Waals surface area contributed by atoms with Crippen LogP contribution in [0.4, 0.5) is 0 Å². The first-order valence-corrected chi connectivity index (χ1v) is 5.97. The van der Waals surface area contributed by atoms with Crippen LogP contribution in [0.3, 0.4) is 0 Å². The molecule has 86 valence electrons. The minimum atomic E-state index is -0.778. The number of benzene rings is 1. The molecule has 0 saturated heterocycles. The molecule has 16 heavy (non-hydrogen) atoms. The zero-order valence-electron chi connectivity index (χ0n) is 9.70. The van der Waals surface area contributed by atoms with Crippen LogP contribution in [0.25, 0.3) is 0 Å². The third kappa shape index (κ3) is 2.17. The van der Waals surface area contributed by atoms with E-state index in [9.17, 15) is 9.90 Å². The molecule has 1 aliphatic rings. The Hall–Kier alpha value is -1.15. The summed E-state index contributed by atoms with van der Waals surface area (Å²) in [5.41, 5.74) is 1.46. The smallest absolute Gasteiger partial charge is 0.133 e. The monoisotopic (exact) mass is 218 g/mol. The molecule has 0 heterocycles. The van der Waals surface area contributed by atoms with Gasteiger partial charge >= 0.3 is 0 Å². The van der Waals surface area contributed by atoms with E-state index >= 15 is 0 Å². The average molecular weight is 218 g/mol. The lowest BCUT2D eigenvalue weighted by atomic mass is 9.79. The Kier molecular flexibility index (Phi) is 3.10. The molecule has 1 N–H and O–H groups in total. The highest BCUT2D eigenvalue weighted by Gasteiger charge is 2.33. The molecular weight excluding hydrogens is 200 g/mol. The maximum absolute atomic E-state index is 11.2. The molecule has 0 bridgehead atoms. The molecule has 1 aromatic carbocycles. The third-order valence-corrected chi connectivity index (χ3v) is 3.53. The molecule has 1 aromatic rings. The number of Topliss-reactive ketones (excluding diaryl/α,β-unsaturated/α-hetero) is 1. The highest BCUT2D eigenvalue weighted by atomic mass is 16.3. The van der Waals surface area contributed by atoms with E-state index in [0.29, 0.717) is 25.7 Å². The Balaban J connectivity index is 2.19. The van der Waals surface area contributed by atoms with Crippen LogP contribution in [-0.4, -0.2) is 10.9 Å². The van der Waals surface area contributed by atoms with Crippen LogP contribution >= 0.6 is 0 Å². The fraction of sp³-hybridized carbons (Fsp3) is 0.500. The van der Waals surface area contributed by atoms with Gasteiger partial charge in [0.15, 0.2) is 0 Å². The van der Waals surface area contributed by atoms with Gasteiger partial charge in [0, 0.05) is 12.8 Å². The minimum absolute atomic E-state index is 0.273. The fourth-order valence-corrected chi connectivity index (χ4v) is 2.28. The molecule has 0 aromatic heterocycles.